The van der Waals surface area contributed by atoms with Crippen LogP contribution in [0.2, 0.25) is 0 Å². The van der Waals surface area contributed by atoms with Crippen molar-refractivity contribution in [3.63, 3.8) is 0 Å². The van der Waals surface area contributed by atoms with Crippen molar-refractivity contribution in [3.8, 4) is 0 Å². The van der Waals surface area contributed by atoms with E-state index in [0.717, 1.165) is 13.0 Å². The summed E-state index contributed by atoms with van der Waals surface area (Å²) in [6.45, 7) is 4.80. The maximum atomic E-state index is 15.4. The molecule has 1 heterocycles. The van der Waals surface area contributed by atoms with Crippen molar-refractivity contribution >= 4 is 38.8 Å². The fourth-order valence-corrected chi connectivity index (χ4v) is 7.49. The van der Waals surface area contributed by atoms with E-state index in [9.17, 15) is 52.7 Å². The summed E-state index contributed by atoms with van der Waals surface area (Å²) in [5.74, 6) is -71.4. The standard InChI is InChI=1S/C24BF20.C19H18N/c26-5-1(6(27)14(35)21(42)13(5)34)25(2-7(28)15(36)22(43)16(37)8(2)29,3-9(30)17(38)23(44)18(39)10(3)31)4-11(32)19(40)24(45)20(41)12(4)33;1-2-8-19-18-12-7-6-11-17(18)13-14-20(19)15-16-9-4-3-5-10-16/h;2-7,9-14H,1,8,15H2/q-1;+1. The third kappa shape index (κ3) is 7.50. The van der Waals surface area contributed by atoms with Gasteiger partial charge in [0.05, 0.1) is 6.42 Å². The van der Waals surface area contributed by atoms with E-state index in [1.165, 1.54) is 22.0 Å². The summed E-state index contributed by atoms with van der Waals surface area (Å²) in [5, 5.41) is 2.60. The summed E-state index contributed by atoms with van der Waals surface area (Å²) in [7, 11) is 0. The maximum Gasteiger partial charge on any atom is 0.200 e. The van der Waals surface area contributed by atoms with Crippen LogP contribution in [0.3, 0.4) is 0 Å². The lowest BCUT2D eigenvalue weighted by molar-refractivity contribution is -0.693. The van der Waals surface area contributed by atoms with E-state index < -0.39 is 144 Å². The first-order valence-electron chi connectivity index (χ1n) is 17.9. The van der Waals surface area contributed by atoms with Crippen molar-refractivity contribution in [2.24, 2.45) is 0 Å². The molecule has 22 heteroatoms. The molecule has 0 saturated heterocycles. The monoisotopic (exact) mass is 939 g/mol. The Morgan fingerprint density at radius 2 is 0.662 bits per heavy atom. The highest BCUT2D eigenvalue weighted by atomic mass is 19.2. The number of halogens is 20. The summed E-state index contributed by atoms with van der Waals surface area (Å²) >= 11 is 0. The molecule has 7 aromatic rings. The minimum atomic E-state index is -7.22. The fraction of sp³-hybridized carbons (Fsp3) is 0.0465. The van der Waals surface area contributed by atoms with Gasteiger partial charge in [-0.15, -0.1) is 28.4 Å². The van der Waals surface area contributed by atoms with Gasteiger partial charge in [-0.05, 0) is 11.5 Å². The molecule has 338 valence electrons. The first-order valence-corrected chi connectivity index (χ1v) is 17.9. The number of aromatic nitrogens is 1. The molecule has 7 rings (SSSR count). The third-order valence-corrected chi connectivity index (χ3v) is 10.3. The topological polar surface area (TPSA) is 3.88 Å². The number of pyridine rings is 1. The van der Waals surface area contributed by atoms with Crippen LogP contribution < -0.4 is 26.4 Å². The predicted molar refractivity (Wildman–Crippen MR) is 193 cm³/mol. The van der Waals surface area contributed by atoms with Gasteiger partial charge in [0.1, 0.15) is 52.7 Å². The van der Waals surface area contributed by atoms with Gasteiger partial charge >= 0.3 is 0 Å². The molecule has 0 aliphatic rings. The molecule has 0 aliphatic carbocycles. The first kappa shape index (κ1) is 47.6. The number of allylic oxidation sites excluding steroid dienone is 1. The van der Waals surface area contributed by atoms with Gasteiger partial charge in [0.2, 0.25) is 0 Å². The van der Waals surface area contributed by atoms with Crippen LogP contribution >= 0.6 is 0 Å². The SMILES string of the molecule is C=CCc1c2ccccc2cc[n+]1Cc1ccccc1.Fc1c(F)c(F)c([B-](c2c(F)c(F)c(F)c(F)c2F)(c2c(F)c(F)c(F)c(F)c2F)c2c(F)c(F)c(F)c(F)c2F)c(F)c1F. The maximum absolute atomic E-state index is 15.4. The zero-order valence-electron chi connectivity index (χ0n) is 31.6. The van der Waals surface area contributed by atoms with Crippen molar-refractivity contribution in [1.29, 1.82) is 0 Å². The number of nitrogens with zero attached hydrogens (tertiary/aromatic N) is 1. The molecule has 0 amide bonds. The molecule has 0 radical (unpaired) electrons. The average molecular weight is 939 g/mol. The van der Waals surface area contributed by atoms with Crippen molar-refractivity contribution in [1.82, 2.24) is 0 Å². The Morgan fingerprint density at radius 3 is 0.985 bits per heavy atom. The second-order valence-electron chi connectivity index (χ2n) is 13.8. The Kier molecular flexibility index (Phi) is 13.2. The molecular weight excluding hydrogens is 921 g/mol. The first-order chi connectivity index (χ1) is 30.6. The molecule has 1 nitrogen and oxygen atoms in total. The molecule has 1 aromatic heterocycles. The summed E-state index contributed by atoms with van der Waals surface area (Å²) in [5.41, 5.74) is -11.7. The molecule has 0 N–H and O–H groups in total. The second-order valence-corrected chi connectivity index (χ2v) is 13.8. The van der Waals surface area contributed by atoms with Gasteiger partial charge in [-0.1, -0.05) is 54.6 Å². The number of hydrogen-bond donors (Lipinski definition) is 0. The molecule has 0 spiro atoms. The number of fused-ring (bicyclic) bond motifs is 1. The molecule has 0 saturated carbocycles. The number of hydrogen-bond acceptors (Lipinski definition) is 0. The summed E-state index contributed by atoms with van der Waals surface area (Å²) in [4.78, 5) is 0. The normalized spacial score (nSPS) is 11.6. The molecule has 0 bridgehead atoms. The molecule has 6 aromatic carbocycles. The van der Waals surface area contributed by atoms with E-state index in [1.807, 2.05) is 6.08 Å². The van der Waals surface area contributed by atoms with Crippen molar-refractivity contribution in [2.75, 3.05) is 0 Å². The van der Waals surface area contributed by atoms with Crippen LogP contribution in [0.5, 0.6) is 0 Å². The zero-order valence-corrected chi connectivity index (χ0v) is 31.6. The Bertz CT molecular complexity index is 2690. The molecule has 0 aliphatic heterocycles. The highest BCUT2D eigenvalue weighted by Gasteiger charge is 2.52. The van der Waals surface area contributed by atoms with Crippen LogP contribution in [-0.2, 0) is 13.0 Å². The van der Waals surface area contributed by atoms with Crippen molar-refractivity contribution in [3.05, 3.63) is 207 Å². The fourth-order valence-electron chi connectivity index (χ4n) is 7.49. The van der Waals surface area contributed by atoms with Crippen molar-refractivity contribution < 1.29 is 92.4 Å². The third-order valence-electron chi connectivity index (χ3n) is 10.3. The zero-order chi connectivity index (χ0) is 48.1. The van der Waals surface area contributed by atoms with Gasteiger partial charge in [0.25, 0.3) is 0 Å². The van der Waals surface area contributed by atoms with E-state index in [-0.39, 0.29) is 0 Å². The predicted octanol–water partition coefficient (Wildman–Crippen LogP) is 9.75. The summed E-state index contributed by atoms with van der Waals surface area (Å²) in [6, 6.07) is 21.3. The van der Waals surface area contributed by atoms with E-state index in [1.54, 1.807) is 0 Å². The van der Waals surface area contributed by atoms with Gasteiger partial charge in [-0.3, -0.25) is 0 Å². The Morgan fingerprint density at radius 1 is 0.369 bits per heavy atom. The van der Waals surface area contributed by atoms with Gasteiger partial charge in [0.15, 0.2) is 88.2 Å². The lowest BCUT2D eigenvalue weighted by Gasteiger charge is -2.44. The van der Waals surface area contributed by atoms with E-state index >= 15 is 35.1 Å². The summed E-state index contributed by atoms with van der Waals surface area (Å²) < 4.78 is 296. The summed E-state index contributed by atoms with van der Waals surface area (Å²) in [6.07, 6.45) is -2.18. The molecular formula is C43H18BF20N. The van der Waals surface area contributed by atoms with E-state index in [0.29, 0.717) is 0 Å². The van der Waals surface area contributed by atoms with Crippen LogP contribution in [0.1, 0.15) is 11.3 Å². The molecule has 0 unspecified atom stereocenters. The Labute approximate surface area is 351 Å². The average Bonchev–Trinajstić information content (AvgIpc) is 3.30. The van der Waals surface area contributed by atoms with Crippen LogP contribution in [0.4, 0.5) is 87.8 Å². The lowest BCUT2D eigenvalue weighted by Crippen LogP contribution is -2.81. The minimum absolute atomic E-state index is 0.883. The van der Waals surface area contributed by atoms with E-state index in [2.05, 4.69) is 78.0 Å². The van der Waals surface area contributed by atoms with Crippen LogP contribution in [-0.4, -0.2) is 6.15 Å². The lowest BCUT2D eigenvalue weighted by atomic mass is 9.12. The number of rotatable bonds is 8. The van der Waals surface area contributed by atoms with Gasteiger partial charge in [-0.2, -0.15) is 4.57 Å². The highest BCUT2D eigenvalue weighted by Crippen LogP contribution is 2.31. The van der Waals surface area contributed by atoms with Crippen LogP contribution in [0, 0.1) is 116 Å². The van der Waals surface area contributed by atoms with E-state index in [4.69, 9.17) is 0 Å². The largest absolute Gasteiger partial charge is 0.207 e. The van der Waals surface area contributed by atoms with Crippen LogP contribution in [0.25, 0.3) is 10.8 Å². The quantitative estimate of drug-likeness (QED) is 0.0357. The highest BCUT2D eigenvalue weighted by molar-refractivity contribution is 7.20. The van der Waals surface area contributed by atoms with Gasteiger partial charge < -0.3 is 0 Å². The molecule has 65 heavy (non-hydrogen) atoms. The van der Waals surface area contributed by atoms with Crippen molar-refractivity contribution in [2.45, 2.75) is 13.0 Å². The Hall–Kier alpha value is -6.87. The second kappa shape index (κ2) is 18.0. The Balaban J connectivity index is 0.000000289. The minimum Gasteiger partial charge on any atom is -0.207 e. The number of benzene rings is 6. The smallest absolute Gasteiger partial charge is 0.200 e. The van der Waals surface area contributed by atoms with Gasteiger partial charge in [0, 0.05) is 17.0 Å². The molecule has 0 fully saturated rings. The molecule has 0 atom stereocenters. The van der Waals surface area contributed by atoms with Crippen LogP contribution in [0.15, 0.2) is 79.5 Å². The van der Waals surface area contributed by atoms with Gasteiger partial charge in [-0.25, -0.2) is 87.8 Å².